The molecule has 3 aromatic rings. The number of imidazole rings is 1. The predicted octanol–water partition coefficient (Wildman–Crippen LogP) is 3.23. The van der Waals surface area contributed by atoms with E-state index < -0.39 is 0 Å². The van der Waals surface area contributed by atoms with Crippen LogP contribution in [0, 0.1) is 6.92 Å². The van der Waals surface area contributed by atoms with Crippen LogP contribution in [0.4, 0.5) is 0 Å². The molecule has 2 aromatic heterocycles. The van der Waals surface area contributed by atoms with Crippen LogP contribution < -0.4 is 4.74 Å². The fourth-order valence-electron chi connectivity index (χ4n) is 3.60. The number of hydrogen-bond donors (Lipinski definition) is 2. The second-order valence-electron chi connectivity index (χ2n) is 6.66. The minimum atomic E-state index is 0.0625. The third-order valence-electron chi connectivity index (χ3n) is 4.94. The molecule has 0 bridgehead atoms. The summed E-state index contributed by atoms with van der Waals surface area (Å²) in [5.41, 5.74) is 2.70. The lowest BCUT2D eigenvalue weighted by atomic mass is 9.96. The first-order valence-corrected chi connectivity index (χ1v) is 8.61. The molecule has 1 fully saturated rings. The number of amides is 1. The van der Waals surface area contributed by atoms with Gasteiger partial charge in [-0.1, -0.05) is 0 Å². The summed E-state index contributed by atoms with van der Waals surface area (Å²) in [6.45, 7) is 3.48. The first-order chi connectivity index (χ1) is 12.2. The average Bonchev–Trinajstić information content (AvgIpc) is 3.27. The molecule has 6 nitrogen and oxygen atoms in total. The van der Waals surface area contributed by atoms with Crippen LogP contribution in [-0.4, -0.2) is 46.0 Å². The Morgan fingerprint density at radius 3 is 3.04 bits per heavy atom. The number of rotatable bonds is 3. The van der Waals surface area contributed by atoms with E-state index >= 15 is 0 Å². The fourth-order valence-corrected chi connectivity index (χ4v) is 3.60. The summed E-state index contributed by atoms with van der Waals surface area (Å²) in [6.07, 6.45) is 5.69. The summed E-state index contributed by atoms with van der Waals surface area (Å²) in [5.74, 6) is 2.07. The molecule has 25 heavy (non-hydrogen) atoms. The van der Waals surface area contributed by atoms with Gasteiger partial charge in [0.25, 0.3) is 5.91 Å². The number of methoxy groups -OCH3 is 1. The lowest BCUT2D eigenvalue weighted by Crippen LogP contribution is -2.39. The van der Waals surface area contributed by atoms with Crippen LogP contribution in [0.3, 0.4) is 0 Å². The van der Waals surface area contributed by atoms with E-state index in [0.717, 1.165) is 47.6 Å². The number of fused-ring (bicyclic) bond motifs is 1. The molecule has 2 N–H and O–H groups in total. The van der Waals surface area contributed by atoms with Crippen molar-refractivity contribution in [1.29, 1.82) is 0 Å². The quantitative estimate of drug-likeness (QED) is 0.770. The highest BCUT2D eigenvalue weighted by Gasteiger charge is 2.28. The Morgan fingerprint density at radius 1 is 1.40 bits per heavy atom. The molecule has 130 valence electrons. The summed E-state index contributed by atoms with van der Waals surface area (Å²) in [6, 6.07) is 5.75. The van der Waals surface area contributed by atoms with Gasteiger partial charge in [0.1, 0.15) is 11.6 Å². The van der Waals surface area contributed by atoms with Gasteiger partial charge in [-0.15, -0.1) is 0 Å². The number of piperidine rings is 1. The largest absolute Gasteiger partial charge is 0.497 e. The highest BCUT2D eigenvalue weighted by molar-refractivity contribution is 6.07. The van der Waals surface area contributed by atoms with Gasteiger partial charge in [0.05, 0.1) is 12.7 Å². The van der Waals surface area contributed by atoms with Gasteiger partial charge in [-0.25, -0.2) is 4.98 Å². The number of ether oxygens (including phenoxy) is 1. The van der Waals surface area contributed by atoms with Crippen molar-refractivity contribution in [1.82, 2.24) is 19.9 Å². The molecule has 3 heterocycles. The lowest BCUT2D eigenvalue weighted by Gasteiger charge is -2.31. The lowest BCUT2D eigenvalue weighted by molar-refractivity contribution is 0.0707. The Morgan fingerprint density at radius 2 is 2.28 bits per heavy atom. The maximum atomic E-state index is 13.1. The van der Waals surface area contributed by atoms with Gasteiger partial charge < -0.3 is 19.6 Å². The number of aromatic amines is 2. The zero-order chi connectivity index (χ0) is 17.4. The first kappa shape index (κ1) is 15.7. The van der Waals surface area contributed by atoms with E-state index in [4.69, 9.17) is 4.74 Å². The normalized spacial score (nSPS) is 17.8. The zero-order valence-corrected chi connectivity index (χ0v) is 14.5. The van der Waals surface area contributed by atoms with E-state index in [1.807, 2.05) is 36.2 Å². The van der Waals surface area contributed by atoms with Crippen LogP contribution in [-0.2, 0) is 0 Å². The van der Waals surface area contributed by atoms with Crippen molar-refractivity contribution in [2.24, 2.45) is 0 Å². The van der Waals surface area contributed by atoms with Gasteiger partial charge in [0, 0.05) is 48.0 Å². The van der Waals surface area contributed by atoms with E-state index in [2.05, 4.69) is 15.0 Å². The Kier molecular flexibility index (Phi) is 3.95. The zero-order valence-electron chi connectivity index (χ0n) is 14.5. The molecule has 1 aromatic carbocycles. The molecule has 0 unspecified atom stereocenters. The van der Waals surface area contributed by atoms with Crippen LogP contribution in [0.2, 0.25) is 0 Å². The number of carbonyl (C=O) groups excluding carboxylic acids is 1. The third-order valence-corrected chi connectivity index (χ3v) is 4.94. The molecule has 1 saturated heterocycles. The summed E-state index contributed by atoms with van der Waals surface area (Å²) >= 11 is 0. The molecule has 0 aliphatic carbocycles. The molecule has 1 aliphatic heterocycles. The second-order valence-corrected chi connectivity index (χ2v) is 6.66. The van der Waals surface area contributed by atoms with Gasteiger partial charge in [-0.2, -0.15) is 0 Å². The maximum Gasteiger partial charge on any atom is 0.256 e. The van der Waals surface area contributed by atoms with Gasteiger partial charge in [-0.3, -0.25) is 4.79 Å². The van der Waals surface area contributed by atoms with Gasteiger partial charge in [-0.05, 0) is 38.0 Å². The summed E-state index contributed by atoms with van der Waals surface area (Å²) in [7, 11) is 1.63. The minimum absolute atomic E-state index is 0.0625. The molecule has 6 heteroatoms. The molecule has 1 aliphatic rings. The Balaban J connectivity index is 1.60. The van der Waals surface area contributed by atoms with Crippen molar-refractivity contribution in [2.45, 2.75) is 25.7 Å². The smallest absolute Gasteiger partial charge is 0.256 e. The number of aryl methyl sites for hydroxylation is 1. The Labute approximate surface area is 146 Å². The second kappa shape index (κ2) is 6.27. The minimum Gasteiger partial charge on any atom is -0.497 e. The van der Waals surface area contributed by atoms with Gasteiger partial charge in [0.2, 0.25) is 0 Å². The summed E-state index contributed by atoms with van der Waals surface area (Å²) in [4.78, 5) is 26.0. The van der Waals surface area contributed by atoms with E-state index in [0.29, 0.717) is 12.1 Å². The number of H-pyrrole nitrogens is 2. The molecule has 1 amide bonds. The van der Waals surface area contributed by atoms with Crippen LogP contribution >= 0.6 is 0 Å². The van der Waals surface area contributed by atoms with Crippen molar-refractivity contribution in [3.05, 3.63) is 47.7 Å². The number of benzene rings is 1. The maximum absolute atomic E-state index is 13.1. The summed E-state index contributed by atoms with van der Waals surface area (Å²) < 4.78 is 5.30. The molecular formula is C19H22N4O2. The Hall–Kier alpha value is -2.76. The molecule has 0 radical (unpaired) electrons. The number of nitrogens with zero attached hydrogens (tertiary/aromatic N) is 2. The van der Waals surface area contributed by atoms with E-state index in [-0.39, 0.29) is 11.8 Å². The molecule has 4 rings (SSSR count). The van der Waals surface area contributed by atoms with Crippen LogP contribution in [0.25, 0.3) is 10.9 Å². The topological polar surface area (TPSA) is 74.0 Å². The van der Waals surface area contributed by atoms with Crippen molar-refractivity contribution in [3.63, 3.8) is 0 Å². The van der Waals surface area contributed by atoms with E-state index in [9.17, 15) is 4.79 Å². The predicted molar refractivity (Wildman–Crippen MR) is 96.1 cm³/mol. The number of aromatic nitrogens is 3. The number of nitrogens with one attached hydrogen (secondary N) is 2. The number of hydrogen-bond acceptors (Lipinski definition) is 3. The molecule has 1 atom stereocenters. The van der Waals surface area contributed by atoms with Crippen LogP contribution in [0.15, 0.2) is 30.6 Å². The van der Waals surface area contributed by atoms with Crippen LogP contribution in [0.5, 0.6) is 5.75 Å². The first-order valence-electron chi connectivity index (χ1n) is 8.61. The highest BCUT2D eigenvalue weighted by atomic mass is 16.5. The molecule has 0 spiro atoms. The van der Waals surface area contributed by atoms with Crippen molar-refractivity contribution in [3.8, 4) is 5.75 Å². The van der Waals surface area contributed by atoms with Crippen molar-refractivity contribution in [2.75, 3.05) is 20.2 Å². The van der Waals surface area contributed by atoms with E-state index in [1.54, 1.807) is 13.3 Å². The standard InChI is InChI=1S/C19H22N4O2/c1-12-9-21-18(22-12)13-4-3-7-23(11-13)19(24)16-10-20-17-6-5-14(25-2)8-15(16)17/h5-6,8-10,13,20H,3-4,7,11H2,1-2H3,(H,21,22)/t13-/m1/s1. The van der Waals surface area contributed by atoms with Gasteiger partial charge >= 0.3 is 0 Å². The number of carbonyl (C=O) groups is 1. The summed E-state index contributed by atoms with van der Waals surface area (Å²) in [5, 5.41) is 0.903. The van der Waals surface area contributed by atoms with Gasteiger partial charge in [0.15, 0.2) is 0 Å². The monoisotopic (exact) mass is 338 g/mol. The molecule has 0 saturated carbocycles. The fraction of sp³-hybridized carbons (Fsp3) is 0.368. The van der Waals surface area contributed by atoms with E-state index in [1.165, 1.54) is 0 Å². The molecular weight excluding hydrogens is 316 g/mol. The Bertz CT molecular complexity index is 911. The third kappa shape index (κ3) is 2.88. The highest BCUT2D eigenvalue weighted by Crippen LogP contribution is 2.29. The van der Waals surface area contributed by atoms with Crippen molar-refractivity contribution >= 4 is 16.8 Å². The number of likely N-dealkylation sites (tertiary alicyclic amines) is 1. The SMILES string of the molecule is COc1ccc2[nH]cc(C(=O)N3CCC[C@@H](c4ncc(C)[nH]4)C3)c2c1. The average molecular weight is 338 g/mol. The van der Waals surface area contributed by atoms with Crippen LogP contribution in [0.1, 0.15) is 40.6 Å². The van der Waals surface area contributed by atoms with Crippen molar-refractivity contribution < 1.29 is 9.53 Å².